The zero-order valence-electron chi connectivity index (χ0n) is 19.1. The van der Waals surface area contributed by atoms with E-state index in [-0.39, 0.29) is 23.7 Å². The Labute approximate surface area is 212 Å². The van der Waals surface area contributed by atoms with E-state index in [1.165, 1.54) is 11.3 Å². The van der Waals surface area contributed by atoms with Gasteiger partial charge in [0.25, 0.3) is 0 Å². The number of ketones is 1. The summed E-state index contributed by atoms with van der Waals surface area (Å²) in [4.78, 5) is 13.3. The lowest BCUT2D eigenvalue weighted by Crippen LogP contribution is -2.22. The number of rotatable bonds is 6. The van der Waals surface area contributed by atoms with Crippen LogP contribution in [0.25, 0.3) is 27.3 Å². The molecule has 0 spiro atoms. The van der Waals surface area contributed by atoms with E-state index >= 15 is 0 Å². The molecule has 0 amide bonds. The Hall–Kier alpha value is -2.62. The molecule has 7 nitrogen and oxygen atoms in total. The third-order valence-corrected chi connectivity index (χ3v) is 10.2. The number of carbonyl (C=O) groups is 1. The van der Waals surface area contributed by atoms with Gasteiger partial charge in [-0.3, -0.25) is 4.79 Å². The lowest BCUT2D eigenvalue weighted by Gasteiger charge is -2.20. The highest BCUT2D eigenvalue weighted by Crippen LogP contribution is 2.43. The van der Waals surface area contributed by atoms with Crippen molar-refractivity contribution in [3.05, 3.63) is 58.1 Å². The number of benzene rings is 2. The summed E-state index contributed by atoms with van der Waals surface area (Å²) in [6, 6.07) is 13.0. The third-order valence-electron chi connectivity index (χ3n) is 6.84. The van der Waals surface area contributed by atoms with Gasteiger partial charge in [-0.1, -0.05) is 54.1 Å². The van der Waals surface area contributed by atoms with Crippen molar-refractivity contribution >= 4 is 49.5 Å². The van der Waals surface area contributed by atoms with Crippen LogP contribution in [-0.4, -0.2) is 45.7 Å². The minimum absolute atomic E-state index is 0.0529. The highest BCUT2D eigenvalue weighted by Gasteiger charge is 2.40. The van der Waals surface area contributed by atoms with Crippen LogP contribution in [0.4, 0.5) is 0 Å². The molecule has 0 radical (unpaired) electrons. The molecule has 2 aromatic heterocycles. The molecule has 2 fully saturated rings. The number of hydrogen-bond donors (Lipinski definition) is 0. The van der Waals surface area contributed by atoms with Gasteiger partial charge >= 0.3 is 0 Å². The van der Waals surface area contributed by atoms with E-state index in [1.54, 1.807) is 10.7 Å². The van der Waals surface area contributed by atoms with Crippen molar-refractivity contribution in [2.24, 2.45) is 5.41 Å². The SMILES string of the molecule is CC1(CC(=O)c2ccc3c(-c4ccccc4Cl)nn(-c4nnc(C5CC5)s4)c3c2)CCS(=O)(=O)C1. The van der Waals surface area contributed by atoms with Crippen LogP contribution in [0.2, 0.25) is 5.02 Å². The fraction of sp³-hybridized carbons (Fsp3) is 0.360. The molecule has 1 saturated heterocycles. The van der Waals surface area contributed by atoms with E-state index in [1.807, 2.05) is 43.3 Å². The van der Waals surface area contributed by atoms with Crippen LogP contribution in [0.1, 0.15) is 53.9 Å². The first kappa shape index (κ1) is 22.8. The van der Waals surface area contributed by atoms with Crippen molar-refractivity contribution in [2.75, 3.05) is 11.5 Å². The number of aromatic nitrogens is 4. The zero-order valence-corrected chi connectivity index (χ0v) is 21.5. The van der Waals surface area contributed by atoms with E-state index in [0.717, 1.165) is 34.3 Å². The number of halogens is 1. The Balaban J connectivity index is 1.44. The van der Waals surface area contributed by atoms with Crippen LogP contribution in [-0.2, 0) is 9.84 Å². The molecule has 10 heteroatoms. The van der Waals surface area contributed by atoms with Crippen LogP contribution in [0, 0.1) is 5.41 Å². The first-order valence-corrected chi connectivity index (χ1v) is 14.6. The largest absolute Gasteiger partial charge is 0.294 e. The second-order valence-corrected chi connectivity index (χ2v) is 13.5. The van der Waals surface area contributed by atoms with Crippen LogP contribution in [0.15, 0.2) is 42.5 Å². The molecule has 0 N–H and O–H groups in total. The molecule has 1 aliphatic heterocycles. The van der Waals surface area contributed by atoms with Gasteiger partial charge < -0.3 is 0 Å². The maximum absolute atomic E-state index is 13.3. The molecule has 6 rings (SSSR count). The summed E-state index contributed by atoms with van der Waals surface area (Å²) in [7, 11) is -3.08. The summed E-state index contributed by atoms with van der Waals surface area (Å²) in [6.07, 6.45) is 2.96. The Morgan fingerprint density at radius 1 is 1.20 bits per heavy atom. The predicted molar refractivity (Wildman–Crippen MR) is 137 cm³/mol. The Morgan fingerprint density at radius 3 is 2.71 bits per heavy atom. The highest BCUT2D eigenvalue weighted by atomic mass is 35.5. The minimum atomic E-state index is -3.08. The summed E-state index contributed by atoms with van der Waals surface area (Å²) < 4.78 is 25.8. The maximum atomic E-state index is 13.3. The van der Waals surface area contributed by atoms with Gasteiger partial charge in [0.2, 0.25) is 5.13 Å². The second-order valence-electron chi connectivity index (χ2n) is 9.92. The van der Waals surface area contributed by atoms with Gasteiger partial charge in [-0.25, -0.2) is 13.1 Å². The maximum Gasteiger partial charge on any atom is 0.233 e. The van der Waals surface area contributed by atoms with E-state index in [9.17, 15) is 13.2 Å². The molecule has 1 aliphatic carbocycles. The van der Waals surface area contributed by atoms with E-state index < -0.39 is 15.3 Å². The van der Waals surface area contributed by atoms with E-state index in [4.69, 9.17) is 16.7 Å². The Kier molecular flexibility index (Phi) is 5.36. The topological polar surface area (TPSA) is 94.8 Å². The predicted octanol–water partition coefficient (Wildman–Crippen LogP) is 5.47. The van der Waals surface area contributed by atoms with Gasteiger partial charge in [0.1, 0.15) is 10.7 Å². The van der Waals surface area contributed by atoms with Crippen molar-refractivity contribution < 1.29 is 13.2 Å². The van der Waals surface area contributed by atoms with E-state index in [0.29, 0.717) is 33.8 Å². The molecule has 3 heterocycles. The number of nitrogens with zero attached hydrogens (tertiary/aromatic N) is 4. The summed E-state index contributed by atoms with van der Waals surface area (Å²) in [5, 5.41) is 16.7. The first-order chi connectivity index (χ1) is 16.7. The highest BCUT2D eigenvalue weighted by molar-refractivity contribution is 7.91. The van der Waals surface area contributed by atoms with Crippen molar-refractivity contribution in [1.82, 2.24) is 20.0 Å². The standard InChI is InChI=1S/C25H23ClN4O3S2/c1-25(10-11-35(32,33)14-25)13-21(31)16-8-9-18-20(12-16)30(24-28-27-23(34-24)15-6-7-15)29-22(18)17-4-2-3-5-19(17)26/h2-5,8-9,12,15H,6-7,10-11,13-14H2,1H3. The summed E-state index contributed by atoms with van der Waals surface area (Å²) in [5.41, 5.74) is 2.25. The Morgan fingerprint density at radius 2 is 2.00 bits per heavy atom. The molecule has 0 bridgehead atoms. The number of hydrogen-bond acceptors (Lipinski definition) is 7. The number of carbonyl (C=O) groups excluding carboxylic acids is 1. The lowest BCUT2D eigenvalue weighted by atomic mass is 9.83. The first-order valence-electron chi connectivity index (χ1n) is 11.6. The summed E-state index contributed by atoms with van der Waals surface area (Å²) in [5.74, 6) is 0.600. The van der Waals surface area contributed by atoms with Crippen molar-refractivity contribution in [1.29, 1.82) is 0 Å². The monoisotopic (exact) mass is 526 g/mol. The molecule has 2 aliphatic rings. The summed E-state index contributed by atoms with van der Waals surface area (Å²) >= 11 is 8.02. The molecule has 1 unspecified atom stereocenters. The lowest BCUT2D eigenvalue weighted by molar-refractivity contribution is 0.0934. The normalized spacial score (nSPS) is 21.5. The number of sulfone groups is 1. The van der Waals surface area contributed by atoms with Crippen LogP contribution >= 0.6 is 22.9 Å². The van der Waals surface area contributed by atoms with Gasteiger partial charge in [0, 0.05) is 28.9 Å². The van der Waals surface area contributed by atoms with Gasteiger partial charge in [-0.05, 0) is 42.9 Å². The van der Waals surface area contributed by atoms with Crippen molar-refractivity contribution in [3.8, 4) is 16.4 Å². The molecule has 180 valence electrons. The average Bonchev–Trinajstić information content (AvgIpc) is 3.32. The van der Waals surface area contributed by atoms with Crippen LogP contribution < -0.4 is 0 Å². The average molecular weight is 527 g/mol. The van der Waals surface area contributed by atoms with Gasteiger partial charge in [0.15, 0.2) is 15.6 Å². The Bertz CT molecular complexity index is 1590. The molecule has 35 heavy (non-hydrogen) atoms. The second kappa shape index (κ2) is 8.21. The molecule has 4 aromatic rings. The quantitative estimate of drug-likeness (QED) is 0.309. The number of fused-ring (bicyclic) bond motifs is 1. The van der Waals surface area contributed by atoms with Crippen LogP contribution in [0.5, 0.6) is 0 Å². The minimum Gasteiger partial charge on any atom is -0.294 e. The molecule has 1 atom stereocenters. The van der Waals surface area contributed by atoms with Gasteiger partial charge in [-0.15, -0.1) is 10.2 Å². The van der Waals surface area contributed by atoms with Crippen molar-refractivity contribution in [2.45, 2.75) is 38.5 Å². The molecular formula is C25H23ClN4O3S2. The molecule has 2 aromatic carbocycles. The van der Waals surface area contributed by atoms with Gasteiger partial charge in [0.05, 0.1) is 22.0 Å². The van der Waals surface area contributed by atoms with E-state index in [2.05, 4.69) is 10.2 Å². The fourth-order valence-corrected chi connectivity index (χ4v) is 8.26. The van der Waals surface area contributed by atoms with Crippen molar-refractivity contribution in [3.63, 3.8) is 0 Å². The number of Topliss-reactive ketones (excluding diaryl/α,β-unsaturated/α-hetero) is 1. The zero-order chi connectivity index (χ0) is 24.4. The third kappa shape index (κ3) is 4.30. The molecule has 1 saturated carbocycles. The fourth-order valence-electron chi connectivity index (χ4n) is 4.80. The summed E-state index contributed by atoms with van der Waals surface area (Å²) in [6.45, 7) is 1.88. The molecular weight excluding hydrogens is 504 g/mol. The smallest absolute Gasteiger partial charge is 0.233 e. The van der Waals surface area contributed by atoms with Crippen LogP contribution in [0.3, 0.4) is 0 Å². The van der Waals surface area contributed by atoms with Gasteiger partial charge in [-0.2, -0.15) is 5.10 Å².